The smallest absolute Gasteiger partial charge is 0.0900 e. The first-order chi connectivity index (χ1) is 8.54. The van der Waals surface area contributed by atoms with Crippen molar-refractivity contribution < 1.29 is 0 Å². The monoisotopic (exact) mass is 267 g/mol. The Morgan fingerprint density at radius 2 is 2.22 bits per heavy atom. The van der Waals surface area contributed by atoms with Crippen molar-refractivity contribution in [2.75, 3.05) is 13.1 Å². The quantitative estimate of drug-likeness (QED) is 0.915. The number of aryl methyl sites for hydroxylation is 2. The Hall–Kier alpha value is -0.450. The van der Waals surface area contributed by atoms with Crippen LogP contribution < -0.4 is 5.73 Å². The molecule has 4 heteroatoms. The van der Waals surface area contributed by atoms with Gasteiger partial charge in [0.1, 0.15) is 0 Å². The lowest BCUT2D eigenvalue weighted by atomic mass is 9.89. The van der Waals surface area contributed by atoms with Crippen LogP contribution in [0.1, 0.15) is 48.3 Å². The van der Waals surface area contributed by atoms with Crippen LogP contribution in [-0.4, -0.2) is 29.0 Å². The third-order valence-corrected chi connectivity index (χ3v) is 5.46. The van der Waals surface area contributed by atoms with Crippen LogP contribution in [0.2, 0.25) is 0 Å². The van der Waals surface area contributed by atoms with E-state index in [2.05, 4.69) is 37.6 Å². The predicted octanol–water partition coefficient (Wildman–Crippen LogP) is 2.88. The van der Waals surface area contributed by atoms with E-state index in [-0.39, 0.29) is 0 Å². The minimum atomic E-state index is 0.451. The molecule has 0 radical (unpaired) electrons. The lowest BCUT2D eigenvalue weighted by molar-refractivity contribution is 0.0700. The fourth-order valence-corrected chi connectivity index (χ4v) is 4.21. The van der Waals surface area contributed by atoms with E-state index in [1.54, 1.807) is 0 Å². The summed E-state index contributed by atoms with van der Waals surface area (Å²) in [6.07, 6.45) is 2.60. The fraction of sp³-hybridized carbons (Fsp3) is 0.786. The van der Waals surface area contributed by atoms with Gasteiger partial charge in [-0.05, 0) is 46.1 Å². The highest BCUT2D eigenvalue weighted by molar-refractivity contribution is 7.11. The Bertz CT molecular complexity index is 402. The van der Waals surface area contributed by atoms with Crippen molar-refractivity contribution in [1.29, 1.82) is 0 Å². The molecule has 3 nitrogen and oxygen atoms in total. The van der Waals surface area contributed by atoms with Gasteiger partial charge in [0.15, 0.2) is 0 Å². The van der Waals surface area contributed by atoms with E-state index in [4.69, 9.17) is 5.73 Å². The first-order valence-corrected chi connectivity index (χ1v) is 7.76. The summed E-state index contributed by atoms with van der Waals surface area (Å²) in [5.74, 6) is 0.709. The van der Waals surface area contributed by atoms with Crippen molar-refractivity contribution in [2.45, 2.75) is 52.6 Å². The second-order valence-electron chi connectivity index (χ2n) is 5.52. The van der Waals surface area contributed by atoms with Gasteiger partial charge in [-0.2, -0.15) is 0 Å². The molecule has 2 heterocycles. The van der Waals surface area contributed by atoms with Crippen LogP contribution in [0.3, 0.4) is 0 Å². The largest absolute Gasteiger partial charge is 0.329 e. The Labute approximate surface area is 114 Å². The van der Waals surface area contributed by atoms with Crippen molar-refractivity contribution in [3.05, 3.63) is 15.6 Å². The molecule has 0 aromatic carbocycles. The maximum absolute atomic E-state index is 5.99. The molecule has 0 amide bonds. The van der Waals surface area contributed by atoms with Crippen LogP contribution in [0.25, 0.3) is 0 Å². The first-order valence-electron chi connectivity index (χ1n) is 6.94. The maximum Gasteiger partial charge on any atom is 0.0900 e. The summed E-state index contributed by atoms with van der Waals surface area (Å²) in [5, 5.41) is 1.17. The lowest BCUT2D eigenvalue weighted by Crippen LogP contribution is -2.49. The zero-order chi connectivity index (χ0) is 13.3. The Morgan fingerprint density at radius 1 is 1.50 bits per heavy atom. The molecule has 0 spiro atoms. The molecule has 1 aliphatic heterocycles. The number of rotatable bonds is 3. The molecule has 1 aliphatic rings. The number of nitrogens with zero attached hydrogens (tertiary/aromatic N) is 2. The minimum absolute atomic E-state index is 0.451. The third kappa shape index (κ3) is 2.60. The molecule has 1 fully saturated rings. The highest BCUT2D eigenvalue weighted by atomic mass is 32.1. The molecule has 1 aromatic rings. The van der Waals surface area contributed by atoms with E-state index < -0.39 is 0 Å². The highest BCUT2D eigenvalue weighted by Crippen LogP contribution is 2.34. The van der Waals surface area contributed by atoms with Crippen LogP contribution in [0.5, 0.6) is 0 Å². The molecule has 2 N–H and O–H groups in total. The van der Waals surface area contributed by atoms with E-state index >= 15 is 0 Å². The Morgan fingerprint density at radius 3 is 2.78 bits per heavy atom. The maximum atomic E-state index is 5.99. The second kappa shape index (κ2) is 5.68. The third-order valence-electron chi connectivity index (χ3n) is 4.22. The van der Waals surface area contributed by atoms with E-state index in [0.717, 1.165) is 6.54 Å². The van der Waals surface area contributed by atoms with Gasteiger partial charge in [-0.3, -0.25) is 4.90 Å². The number of hydrogen-bond acceptors (Lipinski definition) is 4. The molecule has 0 bridgehead atoms. The zero-order valence-corrected chi connectivity index (χ0v) is 12.8. The van der Waals surface area contributed by atoms with E-state index in [0.29, 0.717) is 18.0 Å². The number of aromatic nitrogens is 1. The van der Waals surface area contributed by atoms with Gasteiger partial charge in [-0.25, -0.2) is 4.98 Å². The molecule has 0 aliphatic carbocycles. The average Bonchev–Trinajstić information content (AvgIpc) is 2.67. The molecule has 102 valence electrons. The lowest BCUT2D eigenvalue weighted by Gasteiger charge is -2.42. The second-order valence-corrected chi connectivity index (χ2v) is 6.75. The van der Waals surface area contributed by atoms with Crippen LogP contribution >= 0.6 is 11.3 Å². The highest BCUT2D eigenvalue weighted by Gasteiger charge is 2.32. The van der Waals surface area contributed by atoms with Crippen LogP contribution in [-0.2, 0) is 0 Å². The molecular formula is C14H25N3S. The summed E-state index contributed by atoms with van der Waals surface area (Å²) in [6.45, 7) is 10.8. The van der Waals surface area contributed by atoms with Gasteiger partial charge < -0.3 is 5.73 Å². The van der Waals surface area contributed by atoms with Gasteiger partial charge in [0.25, 0.3) is 0 Å². The van der Waals surface area contributed by atoms with Crippen LogP contribution in [0.15, 0.2) is 0 Å². The summed E-state index contributed by atoms with van der Waals surface area (Å²) in [4.78, 5) is 8.57. The van der Waals surface area contributed by atoms with Crippen LogP contribution in [0.4, 0.5) is 0 Å². The molecule has 3 atom stereocenters. The van der Waals surface area contributed by atoms with Crippen LogP contribution in [0, 0.1) is 19.8 Å². The summed E-state index contributed by atoms with van der Waals surface area (Å²) in [6, 6.07) is 0.975. The summed E-state index contributed by atoms with van der Waals surface area (Å²) < 4.78 is 0. The number of thiazole rings is 1. The molecule has 1 saturated heterocycles. The molecule has 3 unspecified atom stereocenters. The van der Waals surface area contributed by atoms with Gasteiger partial charge in [-0.1, -0.05) is 6.92 Å². The van der Waals surface area contributed by atoms with Crippen molar-refractivity contribution >= 4 is 11.3 Å². The minimum Gasteiger partial charge on any atom is -0.329 e. The summed E-state index contributed by atoms with van der Waals surface area (Å²) in [5.41, 5.74) is 7.18. The van der Waals surface area contributed by atoms with E-state index in [1.165, 1.54) is 35.0 Å². The van der Waals surface area contributed by atoms with Crippen molar-refractivity contribution in [3.63, 3.8) is 0 Å². The normalized spacial score (nSPS) is 27.4. The summed E-state index contributed by atoms with van der Waals surface area (Å²) in [7, 11) is 0. The van der Waals surface area contributed by atoms with Gasteiger partial charge in [0, 0.05) is 23.5 Å². The number of piperidine rings is 1. The predicted molar refractivity (Wildman–Crippen MR) is 77.9 cm³/mol. The number of likely N-dealkylation sites (tertiary alicyclic amines) is 1. The Balaban J connectivity index is 2.21. The number of hydrogen-bond donors (Lipinski definition) is 1. The van der Waals surface area contributed by atoms with E-state index in [1.807, 2.05) is 11.3 Å². The first kappa shape index (κ1) is 14.0. The fourth-order valence-electron chi connectivity index (χ4n) is 3.21. The number of nitrogens with two attached hydrogens (primary N) is 1. The van der Waals surface area contributed by atoms with Gasteiger partial charge >= 0.3 is 0 Å². The standard InChI is InChI=1S/C14H25N3S/c1-9-6-5-7-17(13(9)8-15)11(3)14-10(2)16-12(4)18-14/h9,11,13H,5-8,15H2,1-4H3. The molecule has 2 rings (SSSR count). The van der Waals surface area contributed by atoms with Crippen molar-refractivity contribution in [3.8, 4) is 0 Å². The van der Waals surface area contributed by atoms with E-state index in [9.17, 15) is 0 Å². The summed E-state index contributed by atoms with van der Waals surface area (Å²) >= 11 is 1.84. The van der Waals surface area contributed by atoms with Crippen molar-refractivity contribution in [1.82, 2.24) is 9.88 Å². The zero-order valence-electron chi connectivity index (χ0n) is 11.9. The topological polar surface area (TPSA) is 42.2 Å². The molecule has 18 heavy (non-hydrogen) atoms. The molecule has 1 aromatic heterocycles. The Kier molecular flexibility index (Phi) is 4.41. The van der Waals surface area contributed by atoms with Gasteiger partial charge in [0.2, 0.25) is 0 Å². The van der Waals surface area contributed by atoms with Gasteiger partial charge in [0.05, 0.1) is 10.7 Å². The van der Waals surface area contributed by atoms with Gasteiger partial charge in [-0.15, -0.1) is 11.3 Å². The molecule has 0 saturated carbocycles. The molecular weight excluding hydrogens is 242 g/mol. The van der Waals surface area contributed by atoms with Crippen molar-refractivity contribution in [2.24, 2.45) is 11.7 Å². The SMILES string of the molecule is Cc1nc(C)c(C(C)N2CCCC(C)C2CN)s1. The average molecular weight is 267 g/mol.